The first-order valence-corrected chi connectivity index (χ1v) is 6.63. The zero-order valence-corrected chi connectivity index (χ0v) is 12.0. The molecule has 1 amide bonds. The number of ether oxygens (including phenoxy) is 1. The van der Waals surface area contributed by atoms with Crippen LogP contribution >= 0.6 is 0 Å². The van der Waals surface area contributed by atoms with Crippen molar-refractivity contribution in [3.05, 3.63) is 41.7 Å². The standard InChI is InChI=1S/C14H16N4O4/c1-10-3-2-4-11(7-10)18-8-12(16-17-18)14(21)15-5-6-22-9-13(19)20/h2-4,7-8H,5-6,9H2,1H3,(H,15,21)(H,19,20). The van der Waals surface area contributed by atoms with Gasteiger partial charge in [-0.3, -0.25) is 4.79 Å². The second-order valence-electron chi connectivity index (χ2n) is 4.59. The molecule has 2 N–H and O–H groups in total. The van der Waals surface area contributed by atoms with Gasteiger partial charge >= 0.3 is 5.97 Å². The average molecular weight is 304 g/mol. The monoisotopic (exact) mass is 304 g/mol. The molecule has 0 unspecified atom stereocenters. The predicted molar refractivity (Wildman–Crippen MR) is 76.9 cm³/mol. The van der Waals surface area contributed by atoms with Crippen LogP contribution in [-0.2, 0) is 9.53 Å². The Kier molecular flexibility index (Phi) is 5.21. The van der Waals surface area contributed by atoms with E-state index in [1.807, 2.05) is 31.2 Å². The zero-order chi connectivity index (χ0) is 15.9. The minimum atomic E-state index is -1.05. The SMILES string of the molecule is Cc1cccc(-n2cc(C(=O)NCCOCC(=O)O)nn2)c1. The number of aryl methyl sites for hydroxylation is 1. The Bertz CT molecular complexity index is 668. The molecule has 0 aliphatic carbocycles. The smallest absolute Gasteiger partial charge is 0.329 e. The van der Waals surface area contributed by atoms with E-state index < -0.39 is 11.9 Å². The highest BCUT2D eigenvalue weighted by atomic mass is 16.5. The summed E-state index contributed by atoms with van der Waals surface area (Å²) in [5, 5.41) is 18.7. The average Bonchev–Trinajstić information content (AvgIpc) is 2.96. The van der Waals surface area contributed by atoms with Crippen LogP contribution in [-0.4, -0.2) is 51.7 Å². The van der Waals surface area contributed by atoms with Crippen molar-refractivity contribution in [3.8, 4) is 5.69 Å². The fraction of sp³-hybridized carbons (Fsp3) is 0.286. The number of nitrogens with zero attached hydrogens (tertiary/aromatic N) is 3. The molecule has 116 valence electrons. The summed E-state index contributed by atoms with van der Waals surface area (Å²) in [7, 11) is 0. The number of carbonyl (C=O) groups excluding carboxylic acids is 1. The van der Waals surface area contributed by atoms with Crippen molar-refractivity contribution in [2.45, 2.75) is 6.92 Å². The van der Waals surface area contributed by atoms with E-state index in [9.17, 15) is 9.59 Å². The number of benzene rings is 1. The number of hydrogen-bond acceptors (Lipinski definition) is 5. The molecule has 1 aromatic heterocycles. The number of carboxylic acids is 1. The minimum Gasteiger partial charge on any atom is -0.480 e. The van der Waals surface area contributed by atoms with Crippen LogP contribution in [0.2, 0.25) is 0 Å². The number of carbonyl (C=O) groups is 2. The Morgan fingerprint density at radius 2 is 2.23 bits per heavy atom. The molecule has 2 aromatic rings. The minimum absolute atomic E-state index is 0.115. The van der Waals surface area contributed by atoms with Crippen LogP contribution in [0.5, 0.6) is 0 Å². The quantitative estimate of drug-likeness (QED) is 0.717. The van der Waals surface area contributed by atoms with Crippen LogP contribution in [0.15, 0.2) is 30.5 Å². The van der Waals surface area contributed by atoms with Crippen LogP contribution < -0.4 is 5.32 Å². The predicted octanol–water partition coefficient (Wildman–Crippen LogP) is 0.407. The van der Waals surface area contributed by atoms with Crippen molar-refractivity contribution >= 4 is 11.9 Å². The van der Waals surface area contributed by atoms with Gasteiger partial charge in [-0.2, -0.15) is 0 Å². The number of amides is 1. The van der Waals surface area contributed by atoms with Crippen molar-refractivity contribution in [1.29, 1.82) is 0 Å². The molecule has 1 heterocycles. The number of hydrogen-bond donors (Lipinski definition) is 2. The lowest BCUT2D eigenvalue weighted by molar-refractivity contribution is -0.142. The molecule has 0 saturated heterocycles. The highest BCUT2D eigenvalue weighted by molar-refractivity contribution is 5.91. The van der Waals surface area contributed by atoms with E-state index in [1.54, 1.807) is 0 Å². The molecular formula is C14H16N4O4. The Balaban J connectivity index is 1.88. The van der Waals surface area contributed by atoms with E-state index in [0.29, 0.717) is 0 Å². The maximum Gasteiger partial charge on any atom is 0.329 e. The van der Waals surface area contributed by atoms with Crippen molar-refractivity contribution in [2.24, 2.45) is 0 Å². The highest BCUT2D eigenvalue weighted by Crippen LogP contribution is 2.09. The van der Waals surface area contributed by atoms with E-state index in [1.165, 1.54) is 10.9 Å². The van der Waals surface area contributed by atoms with Gasteiger partial charge < -0.3 is 15.2 Å². The molecule has 0 radical (unpaired) electrons. The molecule has 0 saturated carbocycles. The van der Waals surface area contributed by atoms with Gasteiger partial charge in [-0.05, 0) is 24.6 Å². The zero-order valence-electron chi connectivity index (χ0n) is 12.0. The van der Waals surface area contributed by atoms with Gasteiger partial charge in [0.1, 0.15) is 6.61 Å². The van der Waals surface area contributed by atoms with Crippen molar-refractivity contribution < 1.29 is 19.4 Å². The van der Waals surface area contributed by atoms with Crippen molar-refractivity contribution in [3.63, 3.8) is 0 Å². The molecular weight excluding hydrogens is 288 g/mol. The van der Waals surface area contributed by atoms with Crippen LogP contribution in [0.1, 0.15) is 16.1 Å². The van der Waals surface area contributed by atoms with Gasteiger partial charge in [0, 0.05) is 6.54 Å². The van der Waals surface area contributed by atoms with E-state index in [4.69, 9.17) is 9.84 Å². The van der Waals surface area contributed by atoms with E-state index in [2.05, 4.69) is 15.6 Å². The van der Waals surface area contributed by atoms with Gasteiger partial charge in [-0.1, -0.05) is 17.3 Å². The third kappa shape index (κ3) is 4.38. The third-order valence-electron chi connectivity index (χ3n) is 2.75. The Labute approximate surface area is 126 Å². The van der Waals surface area contributed by atoms with Crippen LogP contribution in [0.4, 0.5) is 0 Å². The van der Waals surface area contributed by atoms with Gasteiger partial charge in [0.15, 0.2) is 5.69 Å². The summed E-state index contributed by atoms with van der Waals surface area (Å²) < 4.78 is 6.33. The largest absolute Gasteiger partial charge is 0.480 e. The molecule has 0 atom stereocenters. The molecule has 0 fully saturated rings. The number of carboxylic acid groups (broad SMARTS) is 1. The van der Waals surface area contributed by atoms with Gasteiger partial charge in [0.05, 0.1) is 18.5 Å². The summed E-state index contributed by atoms with van der Waals surface area (Å²) in [6, 6.07) is 7.65. The summed E-state index contributed by atoms with van der Waals surface area (Å²) in [5.74, 6) is -1.44. The summed E-state index contributed by atoms with van der Waals surface area (Å²) >= 11 is 0. The molecule has 0 aliphatic rings. The van der Waals surface area contributed by atoms with Crippen LogP contribution in [0, 0.1) is 6.92 Å². The maximum atomic E-state index is 11.9. The molecule has 22 heavy (non-hydrogen) atoms. The highest BCUT2D eigenvalue weighted by Gasteiger charge is 2.11. The van der Waals surface area contributed by atoms with E-state index in [-0.39, 0.29) is 25.5 Å². The number of rotatable bonds is 7. The summed E-state index contributed by atoms with van der Waals surface area (Å²) in [6.45, 7) is 1.89. The Morgan fingerprint density at radius 1 is 1.41 bits per heavy atom. The summed E-state index contributed by atoms with van der Waals surface area (Å²) in [4.78, 5) is 22.1. The van der Waals surface area contributed by atoms with Crippen molar-refractivity contribution in [2.75, 3.05) is 19.8 Å². The maximum absolute atomic E-state index is 11.9. The van der Waals surface area contributed by atoms with Gasteiger partial charge in [0.2, 0.25) is 0 Å². The Morgan fingerprint density at radius 3 is 2.95 bits per heavy atom. The van der Waals surface area contributed by atoms with Crippen LogP contribution in [0.3, 0.4) is 0 Å². The first-order chi connectivity index (χ1) is 10.6. The summed E-state index contributed by atoms with van der Waals surface area (Å²) in [6.07, 6.45) is 1.53. The fourth-order valence-corrected chi connectivity index (χ4v) is 1.75. The number of aromatic nitrogens is 3. The molecule has 0 spiro atoms. The number of aliphatic carboxylic acids is 1. The molecule has 8 nitrogen and oxygen atoms in total. The molecule has 0 aliphatic heterocycles. The molecule has 8 heteroatoms. The van der Waals surface area contributed by atoms with Crippen LogP contribution in [0.25, 0.3) is 5.69 Å². The normalized spacial score (nSPS) is 10.4. The fourth-order valence-electron chi connectivity index (χ4n) is 1.75. The third-order valence-corrected chi connectivity index (χ3v) is 2.75. The Hall–Kier alpha value is -2.74. The first-order valence-electron chi connectivity index (χ1n) is 6.63. The van der Waals surface area contributed by atoms with Gasteiger partial charge in [-0.25, -0.2) is 9.48 Å². The van der Waals surface area contributed by atoms with Gasteiger partial charge in [0.25, 0.3) is 5.91 Å². The molecule has 0 bridgehead atoms. The molecule has 1 aromatic carbocycles. The second kappa shape index (κ2) is 7.32. The lowest BCUT2D eigenvalue weighted by Crippen LogP contribution is -2.28. The summed E-state index contributed by atoms with van der Waals surface area (Å²) in [5.41, 5.74) is 2.07. The second-order valence-corrected chi connectivity index (χ2v) is 4.59. The first kappa shape index (κ1) is 15.6. The topological polar surface area (TPSA) is 106 Å². The van der Waals surface area contributed by atoms with Crippen molar-refractivity contribution in [1.82, 2.24) is 20.3 Å². The lowest BCUT2D eigenvalue weighted by Gasteiger charge is -2.03. The lowest BCUT2D eigenvalue weighted by atomic mass is 10.2. The van der Waals surface area contributed by atoms with E-state index >= 15 is 0 Å². The number of nitrogens with one attached hydrogen (secondary N) is 1. The van der Waals surface area contributed by atoms with Gasteiger partial charge in [-0.15, -0.1) is 5.10 Å². The van der Waals surface area contributed by atoms with E-state index in [0.717, 1.165) is 11.3 Å². The molecule has 2 rings (SSSR count).